The Bertz CT molecular complexity index is 3300. The Morgan fingerprint density at radius 2 is 1.13 bits per heavy atom. The van der Waals surface area contributed by atoms with E-state index in [1.807, 2.05) is 6.20 Å². The van der Waals surface area contributed by atoms with Gasteiger partial charge < -0.3 is 21.8 Å². The molecule has 1 aliphatic heterocycles. The Labute approximate surface area is 410 Å². The molecule has 3 heterocycles. The molecule has 0 aliphatic carbocycles. The van der Waals surface area contributed by atoms with E-state index in [4.69, 9.17) is 4.98 Å². The van der Waals surface area contributed by atoms with Crippen molar-refractivity contribution in [1.29, 1.82) is 0 Å². The summed E-state index contributed by atoms with van der Waals surface area (Å²) in [6.45, 7) is 7.45. The number of anilines is 2. The van der Waals surface area contributed by atoms with Gasteiger partial charge in [-0.2, -0.15) is 46.8 Å². The number of nitrogens with zero attached hydrogens (tertiary/aromatic N) is 4. The summed E-state index contributed by atoms with van der Waals surface area (Å²) in [4.78, 5) is 9.72. The van der Waals surface area contributed by atoms with Gasteiger partial charge in [0, 0.05) is 50.7 Å². The fourth-order valence-corrected chi connectivity index (χ4v) is 14.2. The summed E-state index contributed by atoms with van der Waals surface area (Å²) in [5.41, 5.74) is 10.3. The molecule has 0 N–H and O–H groups in total. The van der Waals surface area contributed by atoms with E-state index in [1.54, 1.807) is 0 Å². The Balaban J connectivity index is 0.00000281. The van der Waals surface area contributed by atoms with E-state index in [0.29, 0.717) is 6.67 Å². The van der Waals surface area contributed by atoms with E-state index in [1.165, 1.54) is 54.5 Å². The van der Waals surface area contributed by atoms with E-state index in [2.05, 4.69) is 266 Å². The zero-order chi connectivity index (χ0) is 44.0. The molecule has 0 bridgehead atoms. The molecule has 0 saturated heterocycles. The third-order valence-electron chi connectivity index (χ3n) is 13.0. The van der Waals surface area contributed by atoms with Gasteiger partial charge in [-0.25, -0.2) is 4.98 Å². The maximum Gasteiger partial charge on any atom is 0.135 e. The maximum absolute atomic E-state index is 5.08. The second kappa shape index (κ2) is 18.7. The SMILES string of the molecule is CC(C)(C)c1ccnc(-n2c3[c-]c([Si](c4[c-]c(N5C=CN(c6ccccc6-c6ccccc6)C5)ccc4)(c4ccccc4)c4ccccc4)ccc3c3cc(-c4ccccc4)ccc32)c1.[CH3-].[Pt]. The average molecular weight is 1060 g/mol. The second-order valence-corrected chi connectivity index (χ2v) is 21.6. The van der Waals surface area contributed by atoms with E-state index >= 15 is 0 Å². The molecule has 6 heteroatoms. The van der Waals surface area contributed by atoms with Crippen LogP contribution in [-0.2, 0) is 26.5 Å². The van der Waals surface area contributed by atoms with Crippen molar-refractivity contribution in [2.75, 3.05) is 16.5 Å². The van der Waals surface area contributed by atoms with Crippen LogP contribution in [0.15, 0.2) is 225 Å². The summed E-state index contributed by atoms with van der Waals surface area (Å²) in [6, 6.07) is 83.1. The van der Waals surface area contributed by atoms with Crippen LogP contribution in [0.2, 0.25) is 0 Å². The van der Waals surface area contributed by atoms with Crippen molar-refractivity contribution in [3.05, 3.63) is 250 Å². The molecule has 4 nitrogen and oxygen atoms in total. The number of benzene rings is 8. The molecule has 1 aliphatic rings. The van der Waals surface area contributed by atoms with Crippen molar-refractivity contribution >= 4 is 62.0 Å². The third-order valence-corrected chi connectivity index (χ3v) is 17.6. The zero-order valence-corrected chi connectivity index (χ0v) is 41.4. The van der Waals surface area contributed by atoms with Gasteiger partial charge in [-0.15, -0.1) is 11.5 Å². The molecule has 0 radical (unpaired) electrons. The summed E-state index contributed by atoms with van der Waals surface area (Å²) < 4.78 is 2.34. The largest absolute Gasteiger partial charge is 0.358 e. The first-order valence-electron chi connectivity index (χ1n) is 22.4. The topological polar surface area (TPSA) is 24.3 Å². The first-order valence-corrected chi connectivity index (χ1v) is 24.4. The van der Waals surface area contributed by atoms with E-state index < -0.39 is 8.07 Å². The Hall–Kier alpha value is -7.04. The van der Waals surface area contributed by atoms with Crippen molar-refractivity contribution in [2.45, 2.75) is 26.2 Å². The van der Waals surface area contributed by atoms with E-state index in [-0.39, 0.29) is 33.9 Å². The summed E-state index contributed by atoms with van der Waals surface area (Å²) in [5, 5.41) is 7.18. The molecule has 0 spiro atoms. The van der Waals surface area contributed by atoms with Gasteiger partial charge in [0.05, 0.1) is 12.4 Å². The molecule has 332 valence electrons. The summed E-state index contributed by atoms with van der Waals surface area (Å²) in [7, 11) is -3.12. The molecule has 8 aromatic carbocycles. The van der Waals surface area contributed by atoms with Crippen molar-refractivity contribution in [3.63, 3.8) is 0 Å². The number of fused-ring (bicyclic) bond motifs is 3. The van der Waals surface area contributed by atoms with Crippen LogP contribution in [0.4, 0.5) is 11.4 Å². The standard InChI is InChI=1S/C60H48N4Si.CH3.Pt/c1-60(2,3)47-35-36-61-59(40-47)64-57-34-31-46(44-19-8-4-9-20-44)39-55(57)54-33-32-52(42-58(54)64)65(49-24-12-6-13-25-49,50-26-14-7-15-27-50)51-28-18-23-48(41-51)62-37-38-63(43-62)56-30-17-16-29-53(56)45-21-10-5-11-22-45;;/h4-40H,43H2,1-3H3;1H3;/q-2;-1;. The van der Waals surface area contributed by atoms with Gasteiger partial charge in [-0.1, -0.05) is 184 Å². The molecule has 11 rings (SSSR count). The van der Waals surface area contributed by atoms with Crippen LogP contribution in [0.25, 0.3) is 49.9 Å². The number of para-hydroxylation sites is 1. The van der Waals surface area contributed by atoms with Gasteiger partial charge in [-0.3, -0.25) is 0 Å². The molecule has 0 amide bonds. The van der Waals surface area contributed by atoms with E-state index in [0.717, 1.165) is 33.1 Å². The van der Waals surface area contributed by atoms with Gasteiger partial charge in [0.2, 0.25) is 0 Å². The minimum absolute atomic E-state index is 0. The molecular weight excluding hydrogens is 1010 g/mol. The van der Waals surface area contributed by atoms with Crippen molar-refractivity contribution in [1.82, 2.24) is 9.55 Å². The zero-order valence-electron chi connectivity index (χ0n) is 38.2. The predicted octanol–water partition coefficient (Wildman–Crippen LogP) is 12.0. The molecule has 2 aromatic heterocycles. The van der Waals surface area contributed by atoms with Crippen LogP contribution in [0.3, 0.4) is 0 Å². The monoisotopic (exact) mass is 1060 g/mol. The van der Waals surface area contributed by atoms with E-state index in [9.17, 15) is 0 Å². The molecule has 10 aromatic rings. The molecule has 67 heavy (non-hydrogen) atoms. The van der Waals surface area contributed by atoms with Crippen LogP contribution in [0.1, 0.15) is 26.3 Å². The van der Waals surface area contributed by atoms with Crippen molar-refractivity contribution < 1.29 is 21.1 Å². The van der Waals surface area contributed by atoms with Gasteiger partial charge >= 0.3 is 0 Å². The molecule has 0 fully saturated rings. The van der Waals surface area contributed by atoms with Crippen molar-refractivity contribution in [3.8, 4) is 28.1 Å². The fraction of sp³-hybridized carbons (Fsp3) is 0.0820. The summed E-state index contributed by atoms with van der Waals surface area (Å²) >= 11 is 0. The Morgan fingerprint density at radius 1 is 0.522 bits per heavy atom. The first kappa shape index (κ1) is 45.1. The number of rotatable bonds is 9. The normalized spacial score (nSPS) is 12.6. The number of pyridine rings is 1. The predicted molar refractivity (Wildman–Crippen MR) is 281 cm³/mol. The molecular formula is C61H51N4PtSi-3. The Morgan fingerprint density at radius 3 is 1.82 bits per heavy atom. The summed E-state index contributed by atoms with van der Waals surface area (Å²) in [5.74, 6) is 0.887. The van der Waals surface area contributed by atoms with Crippen LogP contribution >= 0.6 is 0 Å². The van der Waals surface area contributed by atoms with Crippen LogP contribution in [0, 0.1) is 19.6 Å². The van der Waals surface area contributed by atoms with Crippen molar-refractivity contribution in [2.24, 2.45) is 0 Å². The minimum Gasteiger partial charge on any atom is -0.358 e. The molecule has 0 saturated carbocycles. The molecule has 0 atom stereocenters. The smallest absolute Gasteiger partial charge is 0.135 e. The van der Waals surface area contributed by atoms with Gasteiger partial charge in [0.1, 0.15) is 13.9 Å². The first-order chi connectivity index (χ1) is 31.9. The van der Waals surface area contributed by atoms with Gasteiger partial charge in [-0.05, 0) is 67.7 Å². The fourth-order valence-electron chi connectivity index (χ4n) is 9.69. The van der Waals surface area contributed by atoms with Gasteiger partial charge in [0.25, 0.3) is 0 Å². The van der Waals surface area contributed by atoms with Crippen LogP contribution in [0.5, 0.6) is 0 Å². The number of hydrogen-bond acceptors (Lipinski definition) is 3. The average Bonchev–Trinajstić information content (AvgIpc) is 3.99. The maximum atomic E-state index is 5.08. The molecule has 0 unspecified atom stereocenters. The minimum atomic E-state index is -3.12. The number of aromatic nitrogens is 2. The van der Waals surface area contributed by atoms with Crippen LogP contribution in [-0.4, -0.2) is 24.3 Å². The second-order valence-electron chi connectivity index (χ2n) is 17.9. The van der Waals surface area contributed by atoms with Gasteiger partial charge in [0.15, 0.2) is 0 Å². The Kier molecular flexibility index (Phi) is 12.6. The quantitative estimate of drug-likeness (QED) is 0.0818. The summed E-state index contributed by atoms with van der Waals surface area (Å²) in [6.07, 6.45) is 6.33. The number of hydrogen-bond donors (Lipinski definition) is 0. The third kappa shape index (κ3) is 8.17. The van der Waals surface area contributed by atoms with Crippen LogP contribution < -0.4 is 30.5 Å².